The Kier molecular flexibility index (Phi) is 3.22. The van der Waals surface area contributed by atoms with Gasteiger partial charge in [0.2, 0.25) is 0 Å². The number of hydrogen-bond acceptors (Lipinski definition) is 3. The molecule has 0 spiro atoms. The molecule has 0 saturated carbocycles. The summed E-state index contributed by atoms with van der Waals surface area (Å²) in [6.07, 6.45) is 1.92. The van der Waals surface area contributed by atoms with Crippen LogP contribution in [0.15, 0.2) is 0 Å². The highest BCUT2D eigenvalue weighted by atomic mass is 15.4. The Labute approximate surface area is 72.8 Å². The lowest BCUT2D eigenvalue weighted by molar-refractivity contribution is 0.566. The zero-order chi connectivity index (χ0) is 8.97. The highest BCUT2D eigenvalue weighted by molar-refractivity contribution is 5.07. The number of nitrogens with zero attached hydrogens (tertiary/aromatic N) is 3. The fraction of sp³-hybridized carbons (Fsp3) is 0.750. The van der Waals surface area contributed by atoms with E-state index >= 15 is 0 Å². The highest BCUT2D eigenvalue weighted by Gasteiger charge is 2.05. The highest BCUT2D eigenvalue weighted by Crippen LogP contribution is 2.03. The first kappa shape index (κ1) is 9.19. The maximum Gasteiger partial charge on any atom is 0.0868 e. The molecule has 4 nitrogen and oxygen atoms in total. The van der Waals surface area contributed by atoms with Gasteiger partial charge in [-0.3, -0.25) is 0 Å². The van der Waals surface area contributed by atoms with Gasteiger partial charge in [-0.1, -0.05) is 12.1 Å². The van der Waals surface area contributed by atoms with Gasteiger partial charge in [0.1, 0.15) is 0 Å². The molecule has 0 bridgehead atoms. The Balaban J connectivity index is 2.74. The molecule has 0 amide bonds. The molecule has 2 N–H and O–H groups in total. The topological polar surface area (TPSA) is 56.7 Å². The van der Waals surface area contributed by atoms with Crippen LogP contribution >= 0.6 is 0 Å². The fourth-order valence-electron chi connectivity index (χ4n) is 1.19. The van der Waals surface area contributed by atoms with E-state index in [-0.39, 0.29) is 0 Å². The summed E-state index contributed by atoms with van der Waals surface area (Å²) in [5.74, 6) is 0. The zero-order valence-electron chi connectivity index (χ0n) is 7.75. The number of rotatable bonds is 4. The summed E-state index contributed by atoms with van der Waals surface area (Å²) in [5, 5.41) is 8.09. The molecule has 0 atom stereocenters. The maximum absolute atomic E-state index is 5.44. The lowest BCUT2D eigenvalue weighted by Gasteiger charge is -1.99. The van der Waals surface area contributed by atoms with Crippen molar-refractivity contribution in [3.8, 4) is 0 Å². The standard InChI is InChI=1S/C8H16N4/c1-3-6-12-7(2)8(4-5-9)10-11-12/h3-6,9H2,1-2H3. The van der Waals surface area contributed by atoms with Gasteiger partial charge in [0.25, 0.3) is 0 Å². The fourth-order valence-corrected chi connectivity index (χ4v) is 1.19. The third-order valence-corrected chi connectivity index (χ3v) is 1.89. The van der Waals surface area contributed by atoms with Crippen molar-refractivity contribution in [1.82, 2.24) is 15.0 Å². The van der Waals surface area contributed by atoms with E-state index in [0.29, 0.717) is 6.54 Å². The molecule has 1 rings (SSSR count). The van der Waals surface area contributed by atoms with Crippen LogP contribution in [0.1, 0.15) is 24.7 Å². The smallest absolute Gasteiger partial charge is 0.0868 e. The van der Waals surface area contributed by atoms with E-state index in [1.165, 1.54) is 0 Å². The summed E-state index contributed by atoms with van der Waals surface area (Å²) in [5.41, 5.74) is 7.62. The first-order valence-electron chi connectivity index (χ1n) is 4.38. The molecule has 0 radical (unpaired) electrons. The molecule has 4 heteroatoms. The van der Waals surface area contributed by atoms with Gasteiger partial charge in [0.15, 0.2) is 0 Å². The molecule has 1 aromatic rings. The predicted molar refractivity (Wildman–Crippen MR) is 47.8 cm³/mol. The van der Waals surface area contributed by atoms with Crippen molar-refractivity contribution in [3.05, 3.63) is 11.4 Å². The quantitative estimate of drug-likeness (QED) is 0.712. The van der Waals surface area contributed by atoms with Crippen molar-refractivity contribution in [2.24, 2.45) is 5.73 Å². The van der Waals surface area contributed by atoms with Crippen LogP contribution in [0.2, 0.25) is 0 Å². The monoisotopic (exact) mass is 168 g/mol. The van der Waals surface area contributed by atoms with Crippen molar-refractivity contribution in [2.75, 3.05) is 6.54 Å². The van der Waals surface area contributed by atoms with Gasteiger partial charge in [0.05, 0.1) is 11.4 Å². The maximum atomic E-state index is 5.44. The molecule has 12 heavy (non-hydrogen) atoms. The van der Waals surface area contributed by atoms with E-state index in [0.717, 1.165) is 30.8 Å². The van der Waals surface area contributed by atoms with E-state index in [1.807, 2.05) is 11.6 Å². The van der Waals surface area contributed by atoms with Crippen molar-refractivity contribution in [2.45, 2.75) is 33.2 Å². The van der Waals surface area contributed by atoms with Crippen molar-refractivity contribution >= 4 is 0 Å². The van der Waals surface area contributed by atoms with Crippen molar-refractivity contribution in [1.29, 1.82) is 0 Å². The van der Waals surface area contributed by atoms with Crippen molar-refractivity contribution in [3.63, 3.8) is 0 Å². The molecular weight excluding hydrogens is 152 g/mol. The third-order valence-electron chi connectivity index (χ3n) is 1.89. The van der Waals surface area contributed by atoms with Crippen LogP contribution < -0.4 is 5.73 Å². The largest absolute Gasteiger partial charge is 0.330 e. The Morgan fingerprint density at radius 3 is 2.83 bits per heavy atom. The molecule has 0 aliphatic rings. The summed E-state index contributed by atoms with van der Waals surface area (Å²) in [7, 11) is 0. The minimum Gasteiger partial charge on any atom is -0.330 e. The molecule has 0 aliphatic heterocycles. The summed E-state index contributed by atoms with van der Waals surface area (Å²) >= 11 is 0. The Hall–Kier alpha value is -0.900. The molecule has 0 aromatic carbocycles. The van der Waals surface area contributed by atoms with Crippen LogP contribution in [0.5, 0.6) is 0 Å². The minimum absolute atomic E-state index is 0.645. The van der Waals surface area contributed by atoms with Gasteiger partial charge in [0, 0.05) is 13.0 Å². The predicted octanol–water partition coefficient (Wildman–Crippen LogP) is 0.498. The van der Waals surface area contributed by atoms with E-state index in [4.69, 9.17) is 5.73 Å². The molecule has 68 valence electrons. The van der Waals surface area contributed by atoms with Crippen molar-refractivity contribution < 1.29 is 0 Å². The van der Waals surface area contributed by atoms with Gasteiger partial charge < -0.3 is 5.73 Å². The molecule has 1 heterocycles. The Bertz CT molecular complexity index is 218. The number of aromatic nitrogens is 3. The normalized spacial score (nSPS) is 10.6. The first-order valence-corrected chi connectivity index (χ1v) is 4.38. The van der Waals surface area contributed by atoms with Crippen LogP contribution in [-0.2, 0) is 13.0 Å². The Morgan fingerprint density at radius 1 is 1.50 bits per heavy atom. The number of aryl methyl sites for hydroxylation is 1. The van der Waals surface area contributed by atoms with Crippen LogP contribution in [0.3, 0.4) is 0 Å². The number of hydrogen-bond donors (Lipinski definition) is 1. The third kappa shape index (κ3) is 1.82. The average molecular weight is 168 g/mol. The lowest BCUT2D eigenvalue weighted by atomic mass is 10.2. The summed E-state index contributed by atoms with van der Waals surface area (Å²) in [4.78, 5) is 0. The van der Waals surface area contributed by atoms with Gasteiger partial charge in [-0.25, -0.2) is 4.68 Å². The molecular formula is C8H16N4. The number of nitrogens with two attached hydrogens (primary N) is 1. The molecule has 0 unspecified atom stereocenters. The molecule has 1 aromatic heterocycles. The van der Waals surface area contributed by atoms with E-state index < -0.39 is 0 Å². The SMILES string of the molecule is CCCn1nnc(CCN)c1C. The van der Waals surface area contributed by atoms with Crippen LogP contribution in [-0.4, -0.2) is 21.5 Å². The first-order chi connectivity index (χ1) is 5.79. The summed E-state index contributed by atoms with van der Waals surface area (Å²) in [6.45, 7) is 5.76. The Morgan fingerprint density at radius 2 is 2.25 bits per heavy atom. The van der Waals surface area contributed by atoms with E-state index in [2.05, 4.69) is 17.2 Å². The van der Waals surface area contributed by atoms with Crippen LogP contribution in [0.25, 0.3) is 0 Å². The minimum atomic E-state index is 0.645. The van der Waals surface area contributed by atoms with E-state index in [1.54, 1.807) is 0 Å². The van der Waals surface area contributed by atoms with E-state index in [9.17, 15) is 0 Å². The summed E-state index contributed by atoms with van der Waals surface area (Å²) < 4.78 is 1.94. The van der Waals surface area contributed by atoms with Crippen LogP contribution in [0.4, 0.5) is 0 Å². The van der Waals surface area contributed by atoms with Gasteiger partial charge in [-0.2, -0.15) is 0 Å². The van der Waals surface area contributed by atoms with Crippen LogP contribution in [0, 0.1) is 6.92 Å². The lowest BCUT2D eigenvalue weighted by Crippen LogP contribution is -2.05. The molecule has 0 fully saturated rings. The zero-order valence-corrected chi connectivity index (χ0v) is 7.75. The molecule has 0 saturated heterocycles. The average Bonchev–Trinajstić information content (AvgIpc) is 2.38. The van der Waals surface area contributed by atoms with Gasteiger partial charge in [-0.05, 0) is 19.9 Å². The second-order valence-electron chi connectivity index (χ2n) is 2.88. The summed E-state index contributed by atoms with van der Waals surface area (Å²) in [6, 6.07) is 0. The second kappa shape index (κ2) is 4.21. The van der Waals surface area contributed by atoms with Gasteiger partial charge in [-0.15, -0.1) is 5.10 Å². The molecule has 0 aliphatic carbocycles. The second-order valence-corrected chi connectivity index (χ2v) is 2.88. The van der Waals surface area contributed by atoms with Gasteiger partial charge >= 0.3 is 0 Å².